The van der Waals surface area contributed by atoms with Gasteiger partial charge in [0.25, 0.3) is 15.9 Å². The fraction of sp³-hybridized carbons (Fsp3) is 0.133. The minimum atomic E-state index is -3.82. The lowest BCUT2D eigenvalue weighted by atomic mass is 10.1. The first kappa shape index (κ1) is 26.6. The van der Waals surface area contributed by atoms with E-state index >= 15 is 0 Å². The van der Waals surface area contributed by atoms with Gasteiger partial charge in [0.1, 0.15) is 0 Å². The summed E-state index contributed by atoms with van der Waals surface area (Å²) in [5, 5.41) is 2.84. The van der Waals surface area contributed by atoms with Gasteiger partial charge in [-0.15, -0.1) is 0 Å². The minimum absolute atomic E-state index is 0.0871. The summed E-state index contributed by atoms with van der Waals surface area (Å²) >= 11 is 0. The minimum Gasteiger partial charge on any atom is -0.462 e. The zero-order valence-electron chi connectivity index (χ0n) is 21.1. The average Bonchev–Trinajstić information content (AvgIpc) is 2.94. The maximum Gasteiger partial charge on any atom is 0.338 e. The van der Waals surface area contributed by atoms with E-state index in [4.69, 9.17) is 4.74 Å². The molecule has 0 fully saturated rings. The van der Waals surface area contributed by atoms with E-state index in [1.165, 1.54) is 4.31 Å². The Bertz CT molecular complexity index is 1520. The van der Waals surface area contributed by atoms with E-state index in [0.717, 1.165) is 0 Å². The van der Waals surface area contributed by atoms with Crippen LogP contribution in [0, 0.1) is 6.92 Å². The number of benzene rings is 4. The van der Waals surface area contributed by atoms with Gasteiger partial charge in [-0.05, 0) is 73.5 Å². The molecule has 0 heterocycles. The van der Waals surface area contributed by atoms with Crippen molar-refractivity contribution >= 4 is 33.3 Å². The van der Waals surface area contributed by atoms with Gasteiger partial charge in [0.05, 0.1) is 29.3 Å². The number of carbonyl (C=O) groups excluding carboxylic acids is 2. The third-order valence-electron chi connectivity index (χ3n) is 6.00. The lowest BCUT2D eigenvalue weighted by Crippen LogP contribution is -2.30. The summed E-state index contributed by atoms with van der Waals surface area (Å²) in [6.45, 7) is 3.83. The van der Waals surface area contributed by atoms with Crippen LogP contribution in [0.15, 0.2) is 108 Å². The molecular formula is C30H28N2O5S. The first-order valence-electron chi connectivity index (χ1n) is 12.1. The van der Waals surface area contributed by atoms with Crippen LogP contribution >= 0.6 is 0 Å². The number of esters is 1. The monoisotopic (exact) mass is 528 g/mol. The molecule has 7 nitrogen and oxygen atoms in total. The van der Waals surface area contributed by atoms with Crippen LogP contribution in [0.25, 0.3) is 0 Å². The molecule has 0 saturated carbocycles. The molecule has 0 saturated heterocycles. The van der Waals surface area contributed by atoms with Gasteiger partial charge in [-0.1, -0.05) is 54.6 Å². The van der Waals surface area contributed by atoms with Crippen LogP contribution in [0.3, 0.4) is 0 Å². The molecule has 4 aromatic carbocycles. The molecule has 38 heavy (non-hydrogen) atoms. The molecule has 0 radical (unpaired) electrons. The summed E-state index contributed by atoms with van der Waals surface area (Å²) in [5.41, 5.74) is 3.15. The van der Waals surface area contributed by atoms with Crippen LogP contribution in [0.5, 0.6) is 0 Å². The molecule has 0 atom stereocenters. The Kier molecular flexibility index (Phi) is 8.23. The van der Waals surface area contributed by atoms with Crippen LogP contribution in [0.1, 0.15) is 38.8 Å². The number of carbonyl (C=O) groups is 2. The highest BCUT2D eigenvalue weighted by Gasteiger charge is 2.25. The maximum absolute atomic E-state index is 13.5. The molecule has 0 unspecified atom stereocenters. The van der Waals surface area contributed by atoms with Gasteiger partial charge in [-0.2, -0.15) is 0 Å². The van der Waals surface area contributed by atoms with Crippen molar-refractivity contribution in [3.05, 3.63) is 125 Å². The molecule has 4 rings (SSSR count). The quantitative estimate of drug-likeness (QED) is 0.276. The number of sulfonamides is 1. The zero-order chi connectivity index (χ0) is 27.1. The van der Waals surface area contributed by atoms with Crippen LogP contribution in [0.4, 0.5) is 11.4 Å². The second kappa shape index (κ2) is 11.7. The topological polar surface area (TPSA) is 92.8 Å². The van der Waals surface area contributed by atoms with Crippen molar-refractivity contribution in [2.24, 2.45) is 0 Å². The van der Waals surface area contributed by atoms with Gasteiger partial charge in [-0.3, -0.25) is 9.10 Å². The number of para-hydroxylation sites is 1. The van der Waals surface area contributed by atoms with E-state index in [0.29, 0.717) is 33.6 Å². The highest BCUT2D eigenvalue weighted by Crippen LogP contribution is 2.26. The van der Waals surface area contributed by atoms with Crippen LogP contribution < -0.4 is 9.62 Å². The number of anilines is 2. The maximum atomic E-state index is 13.5. The fourth-order valence-electron chi connectivity index (χ4n) is 3.95. The molecule has 0 aliphatic rings. The van der Waals surface area contributed by atoms with Gasteiger partial charge in [-0.25, -0.2) is 13.2 Å². The number of hydrogen-bond acceptors (Lipinski definition) is 5. The number of nitrogens with zero attached hydrogens (tertiary/aromatic N) is 1. The normalized spacial score (nSPS) is 11.0. The second-order valence-corrected chi connectivity index (χ2v) is 10.4. The third kappa shape index (κ3) is 5.92. The van der Waals surface area contributed by atoms with E-state index < -0.39 is 16.0 Å². The van der Waals surface area contributed by atoms with Gasteiger partial charge in [0.15, 0.2) is 0 Å². The molecule has 0 spiro atoms. The Labute approximate surface area is 222 Å². The number of amides is 1. The fourth-order valence-corrected chi connectivity index (χ4v) is 5.43. The molecule has 0 aliphatic carbocycles. The molecule has 0 aliphatic heterocycles. The summed E-state index contributed by atoms with van der Waals surface area (Å²) in [5.74, 6) is -0.795. The highest BCUT2D eigenvalue weighted by atomic mass is 32.2. The first-order valence-corrected chi connectivity index (χ1v) is 13.5. The van der Waals surface area contributed by atoms with Crippen molar-refractivity contribution in [2.45, 2.75) is 25.3 Å². The third-order valence-corrected chi connectivity index (χ3v) is 7.78. The van der Waals surface area contributed by atoms with Crippen LogP contribution in [-0.2, 0) is 21.3 Å². The van der Waals surface area contributed by atoms with Crippen molar-refractivity contribution in [3.8, 4) is 0 Å². The molecule has 4 aromatic rings. The summed E-state index contributed by atoms with van der Waals surface area (Å²) in [6.07, 6.45) is 0. The molecular weight excluding hydrogens is 500 g/mol. The Balaban J connectivity index is 1.55. The van der Waals surface area contributed by atoms with Crippen molar-refractivity contribution in [3.63, 3.8) is 0 Å². The lowest BCUT2D eigenvalue weighted by molar-refractivity contribution is 0.0525. The predicted octanol–water partition coefficient (Wildman–Crippen LogP) is 5.82. The van der Waals surface area contributed by atoms with Crippen molar-refractivity contribution in [2.75, 3.05) is 16.2 Å². The summed E-state index contributed by atoms with van der Waals surface area (Å²) in [7, 11) is -3.82. The molecule has 194 valence electrons. The number of hydrogen-bond donors (Lipinski definition) is 1. The summed E-state index contributed by atoms with van der Waals surface area (Å²) in [6, 6.07) is 29.0. The van der Waals surface area contributed by atoms with Gasteiger partial charge in [0, 0.05) is 11.3 Å². The Morgan fingerprint density at radius 3 is 2.08 bits per heavy atom. The van der Waals surface area contributed by atoms with E-state index in [9.17, 15) is 18.0 Å². The standard InChI is InChI=1S/C30H28N2O5S/c1-3-37-30(34)27-15-10-16-28(22(27)2)31-29(33)24-19-17-23(18-20-24)21-32(25-11-6-4-7-12-25)38(35,36)26-13-8-5-9-14-26/h4-20H,3,21H2,1-2H3,(H,31,33). The molecule has 8 heteroatoms. The number of rotatable bonds is 9. The van der Waals surface area contributed by atoms with E-state index in [1.807, 2.05) is 6.07 Å². The Morgan fingerprint density at radius 2 is 1.45 bits per heavy atom. The average molecular weight is 529 g/mol. The first-order chi connectivity index (χ1) is 18.3. The Morgan fingerprint density at radius 1 is 0.816 bits per heavy atom. The molecule has 1 amide bonds. The molecule has 0 bridgehead atoms. The zero-order valence-corrected chi connectivity index (χ0v) is 21.9. The second-order valence-electron chi connectivity index (χ2n) is 8.51. The van der Waals surface area contributed by atoms with Crippen molar-refractivity contribution < 1.29 is 22.7 Å². The Hall–Kier alpha value is -4.43. The highest BCUT2D eigenvalue weighted by molar-refractivity contribution is 7.92. The van der Waals surface area contributed by atoms with Gasteiger partial charge < -0.3 is 10.1 Å². The smallest absolute Gasteiger partial charge is 0.338 e. The van der Waals surface area contributed by atoms with Crippen molar-refractivity contribution in [1.82, 2.24) is 0 Å². The molecule has 0 aromatic heterocycles. The largest absolute Gasteiger partial charge is 0.462 e. The van der Waals surface area contributed by atoms with Gasteiger partial charge >= 0.3 is 5.97 Å². The van der Waals surface area contributed by atoms with Crippen LogP contribution in [0.2, 0.25) is 0 Å². The van der Waals surface area contributed by atoms with E-state index in [2.05, 4.69) is 5.32 Å². The SMILES string of the molecule is CCOC(=O)c1cccc(NC(=O)c2ccc(CN(c3ccccc3)S(=O)(=O)c3ccccc3)cc2)c1C. The predicted molar refractivity (Wildman–Crippen MR) is 148 cm³/mol. The number of nitrogens with one attached hydrogen (secondary N) is 1. The lowest BCUT2D eigenvalue weighted by Gasteiger charge is -2.25. The summed E-state index contributed by atoms with van der Waals surface area (Å²) < 4.78 is 33.4. The number of ether oxygens (including phenoxy) is 1. The van der Waals surface area contributed by atoms with E-state index in [-0.39, 0.29) is 24.0 Å². The van der Waals surface area contributed by atoms with Crippen molar-refractivity contribution in [1.29, 1.82) is 0 Å². The summed E-state index contributed by atoms with van der Waals surface area (Å²) in [4.78, 5) is 25.3. The van der Waals surface area contributed by atoms with E-state index in [1.54, 1.807) is 111 Å². The molecule has 1 N–H and O–H groups in total. The van der Waals surface area contributed by atoms with Gasteiger partial charge in [0.2, 0.25) is 0 Å². The van der Waals surface area contributed by atoms with Crippen LogP contribution in [-0.4, -0.2) is 26.9 Å².